The fraction of sp³-hybridized carbons (Fsp3) is 0.154. The fourth-order valence-electron chi connectivity index (χ4n) is 3.68. The van der Waals surface area contributed by atoms with Crippen LogP contribution in [-0.4, -0.2) is 14.2 Å². The molecule has 1 aliphatic carbocycles. The Bertz CT molecular complexity index is 983. The van der Waals surface area contributed by atoms with Crippen molar-refractivity contribution in [2.24, 2.45) is 0 Å². The van der Waals surface area contributed by atoms with Gasteiger partial charge in [-0.05, 0) is 46.0 Å². The average Bonchev–Trinajstić information content (AvgIpc) is 2.80. The Hall–Kier alpha value is -3.10. The summed E-state index contributed by atoms with van der Waals surface area (Å²) in [6.07, 6.45) is 7.43. The number of hydrogen-bond acceptors (Lipinski definition) is 2. The zero-order valence-corrected chi connectivity index (χ0v) is 16.3. The van der Waals surface area contributed by atoms with Gasteiger partial charge in [0, 0.05) is 13.5 Å². The van der Waals surface area contributed by atoms with Crippen LogP contribution in [0.3, 0.4) is 0 Å². The predicted octanol–water partition coefficient (Wildman–Crippen LogP) is 6.25. The Kier molecular flexibility index (Phi) is 5.14. The van der Waals surface area contributed by atoms with Crippen LogP contribution in [0.1, 0.15) is 17.5 Å². The lowest BCUT2D eigenvalue weighted by atomic mass is 9.84. The first kappa shape index (κ1) is 18.3. The monoisotopic (exact) mass is 368 g/mol. The smallest absolute Gasteiger partial charge is 0.118 e. The number of ether oxygens (including phenoxy) is 2. The first-order valence-corrected chi connectivity index (χ1v) is 9.49. The second-order valence-corrected chi connectivity index (χ2v) is 6.96. The van der Waals surface area contributed by atoms with Crippen molar-refractivity contribution in [2.45, 2.75) is 12.0 Å². The molecule has 3 aromatic rings. The van der Waals surface area contributed by atoms with Gasteiger partial charge >= 0.3 is 0 Å². The van der Waals surface area contributed by atoms with E-state index < -0.39 is 0 Å². The first-order valence-electron chi connectivity index (χ1n) is 9.49. The zero-order chi connectivity index (χ0) is 19.4. The van der Waals surface area contributed by atoms with Gasteiger partial charge in [0.25, 0.3) is 0 Å². The molecule has 3 aromatic carbocycles. The minimum atomic E-state index is -0.381. The van der Waals surface area contributed by atoms with E-state index in [0.29, 0.717) is 0 Å². The van der Waals surface area contributed by atoms with E-state index in [9.17, 15) is 0 Å². The van der Waals surface area contributed by atoms with Gasteiger partial charge in [0.1, 0.15) is 11.4 Å². The normalized spacial score (nSPS) is 18.6. The fourth-order valence-corrected chi connectivity index (χ4v) is 3.68. The molecule has 28 heavy (non-hydrogen) atoms. The topological polar surface area (TPSA) is 18.5 Å². The minimum Gasteiger partial charge on any atom is -0.497 e. The SMILES string of the molecule is COc1ccc(-c2ccc(C3=CCC(OC)(c4ccccc4)C=C3)cc2)cc1. The van der Waals surface area contributed by atoms with E-state index in [2.05, 4.69) is 78.9 Å². The van der Waals surface area contributed by atoms with Crippen molar-refractivity contribution in [1.29, 1.82) is 0 Å². The van der Waals surface area contributed by atoms with Crippen LogP contribution in [0.25, 0.3) is 16.7 Å². The zero-order valence-electron chi connectivity index (χ0n) is 16.3. The molecule has 2 heteroatoms. The van der Waals surface area contributed by atoms with Crippen LogP contribution >= 0.6 is 0 Å². The standard InChI is InChI=1S/C26H24O2/c1-27-25-14-12-22(13-15-25)20-8-10-21(11-9-20)23-16-18-26(28-2,19-17-23)24-6-4-3-5-7-24/h3-18H,19H2,1-2H3. The van der Waals surface area contributed by atoms with Crippen molar-refractivity contribution in [3.63, 3.8) is 0 Å². The Labute approximate surface area is 166 Å². The van der Waals surface area contributed by atoms with Gasteiger partial charge < -0.3 is 9.47 Å². The minimum absolute atomic E-state index is 0.381. The molecule has 1 unspecified atom stereocenters. The summed E-state index contributed by atoms with van der Waals surface area (Å²) < 4.78 is 11.1. The summed E-state index contributed by atoms with van der Waals surface area (Å²) in [5.41, 5.74) is 5.62. The van der Waals surface area contributed by atoms with Gasteiger partial charge in [-0.2, -0.15) is 0 Å². The van der Waals surface area contributed by atoms with Gasteiger partial charge in [-0.3, -0.25) is 0 Å². The van der Waals surface area contributed by atoms with E-state index in [4.69, 9.17) is 9.47 Å². The summed E-state index contributed by atoms with van der Waals surface area (Å²) in [6.45, 7) is 0. The Balaban J connectivity index is 1.54. The van der Waals surface area contributed by atoms with Crippen LogP contribution in [0.5, 0.6) is 5.75 Å². The van der Waals surface area contributed by atoms with Gasteiger partial charge in [0.2, 0.25) is 0 Å². The Morgan fingerprint density at radius 1 is 0.714 bits per heavy atom. The van der Waals surface area contributed by atoms with Crippen LogP contribution in [0.15, 0.2) is 97.1 Å². The average molecular weight is 368 g/mol. The number of allylic oxidation sites excluding steroid dienone is 2. The second-order valence-electron chi connectivity index (χ2n) is 6.96. The third kappa shape index (κ3) is 3.51. The number of rotatable bonds is 5. The second kappa shape index (κ2) is 7.87. The van der Waals surface area contributed by atoms with Crippen molar-refractivity contribution >= 4 is 5.57 Å². The molecule has 0 heterocycles. The highest BCUT2D eigenvalue weighted by Gasteiger charge is 2.30. The number of benzene rings is 3. The van der Waals surface area contributed by atoms with E-state index >= 15 is 0 Å². The molecule has 0 spiro atoms. The summed E-state index contributed by atoms with van der Waals surface area (Å²) in [6, 6.07) is 27.2. The summed E-state index contributed by atoms with van der Waals surface area (Å²) in [5, 5.41) is 0. The third-order valence-corrected chi connectivity index (χ3v) is 5.43. The van der Waals surface area contributed by atoms with E-state index in [0.717, 1.165) is 12.2 Å². The van der Waals surface area contributed by atoms with Crippen LogP contribution in [-0.2, 0) is 10.3 Å². The van der Waals surface area contributed by atoms with Gasteiger partial charge in [-0.25, -0.2) is 0 Å². The van der Waals surface area contributed by atoms with Crippen LogP contribution in [0.4, 0.5) is 0 Å². The number of methoxy groups -OCH3 is 2. The molecular formula is C26H24O2. The molecule has 0 amide bonds. The van der Waals surface area contributed by atoms with Crippen molar-refractivity contribution in [3.05, 3.63) is 108 Å². The van der Waals surface area contributed by atoms with Crippen molar-refractivity contribution in [2.75, 3.05) is 14.2 Å². The van der Waals surface area contributed by atoms with Gasteiger partial charge in [-0.1, -0.05) is 78.9 Å². The summed E-state index contributed by atoms with van der Waals surface area (Å²) in [4.78, 5) is 0. The summed E-state index contributed by atoms with van der Waals surface area (Å²) in [7, 11) is 3.46. The molecule has 0 aliphatic heterocycles. The summed E-state index contributed by atoms with van der Waals surface area (Å²) in [5.74, 6) is 0.873. The highest BCUT2D eigenvalue weighted by molar-refractivity contribution is 5.77. The van der Waals surface area contributed by atoms with Crippen LogP contribution < -0.4 is 4.74 Å². The maximum Gasteiger partial charge on any atom is 0.118 e. The lowest BCUT2D eigenvalue weighted by Gasteiger charge is -2.31. The molecule has 1 aliphatic rings. The maximum absolute atomic E-state index is 5.90. The summed E-state index contributed by atoms with van der Waals surface area (Å²) >= 11 is 0. The van der Waals surface area contributed by atoms with E-state index in [1.807, 2.05) is 18.2 Å². The molecule has 2 nitrogen and oxygen atoms in total. The molecule has 0 bridgehead atoms. The first-order chi connectivity index (χ1) is 13.7. The molecule has 0 saturated carbocycles. The highest BCUT2D eigenvalue weighted by atomic mass is 16.5. The molecule has 140 valence electrons. The quantitative estimate of drug-likeness (QED) is 0.530. The molecule has 0 saturated heterocycles. The van der Waals surface area contributed by atoms with Crippen molar-refractivity contribution < 1.29 is 9.47 Å². The highest BCUT2D eigenvalue weighted by Crippen LogP contribution is 2.37. The largest absolute Gasteiger partial charge is 0.497 e. The molecule has 0 radical (unpaired) electrons. The molecule has 1 atom stereocenters. The predicted molar refractivity (Wildman–Crippen MR) is 115 cm³/mol. The van der Waals surface area contributed by atoms with Gasteiger partial charge in [0.05, 0.1) is 7.11 Å². The lowest BCUT2D eigenvalue weighted by molar-refractivity contribution is 0.0310. The molecule has 0 aromatic heterocycles. The van der Waals surface area contributed by atoms with Crippen LogP contribution in [0.2, 0.25) is 0 Å². The lowest BCUT2D eigenvalue weighted by Crippen LogP contribution is -2.26. The third-order valence-electron chi connectivity index (χ3n) is 5.43. The van der Waals surface area contributed by atoms with Crippen molar-refractivity contribution in [3.8, 4) is 16.9 Å². The Morgan fingerprint density at radius 2 is 1.32 bits per heavy atom. The van der Waals surface area contributed by atoms with Crippen LogP contribution in [0, 0.1) is 0 Å². The van der Waals surface area contributed by atoms with Gasteiger partial charge in [-0.15, -0.1) is 0 Å². The van der Waals surface area contributed by atoms with E-state index in [1.54, 1.807) is 14.2 Å². The van der Waals surface area contributed by atoms with Gasteiger partial charge in [0.15, 0.2) is 0 Å². The molecule has 4 rings (SSSR count). The molecular weight excluding hydrogens is 344 g/mol. The number of hydrogen-bond donors (Lipinski definition) is 0. The van der Waals surface area contributed by atoms with E-state index in [-0.39, 0.29) is 5.60 Å². The van der Waals surface area contributed by atoms with Crippen molar-refractivity contribution in [1.82, 2.24) is 0 Å². The Morgan fingerprint density at radius 3 is 1.86 bits per heavy atom. The molecule has 0 fully saturated rings. The van der Waals surface area contributed by atoms with E-state index in [1.165, 1.54) is 27.8 Å². The molecule has 0 N–H and O–H groups in total. The maximum atomic E-state index is 5.90.